The van der Waals surface area contributed by atoms with E-state index in [1.165, 1.54) is 6.07 Å². The number of nitrogens with one attached hydrogen (secondary N) is 1. The lowest BCUT2D eigenvalue weighted by molar-refractivity contribution is 0.580. The minimum atomic E-state index is -3.66. The van der Waals surface area contributed by atoms with Crippen molar-refractivity contribution < 1.29 is 16.8 Å². The molecule has 1 aliphatic rings. The third-order valence-corrected chi connectivity index (χ3v) is 7.09. The largest absolute Gasteiger partial charge is 0.247 e. The van der Waals surface area contributed by atoms with Crippen molar-refractivity contribution in [3.63, 3.8) is 0 Å². The molecule has 9 heteroatoms. The van der Waals surface area contributed by atoms with Crippen LogP contribution in [0.2, 0.25) is 0 Å². The SMILES string of the molecule is NS(=O)(=O)c1ccc(CCNS(=O)(=O)C2CC2)s1. The number of thiophene rings is 1. The van der Waals surface area contributed by atoms with Gasteiger partial charge in [0.15, 0.2) is 0 Å². The van der Waals surface area contributed by atoms with Crippen LogP contribution in [0.5, 0.6) is 0 Å². The predicted molar refractivity (Wildman–Crippen MR) is 69.3 cm³/mol. The van der Waals surface area contributed by atoms with Gasteiger partial charge in [-0.05, 0) is 31.4 Å². The van der Waals surface area contributed by atoms with Crippen LogP contribution in [-0.4, -0.2) is 28.6 Å². The third-order valence-electron chi connectivity index (χ3n) is 2.56. The topological polar surface area (TPSA) is 106 Å². The zero-order valence-corrected chi connectivity index (χ0v) is 11.9. The Morgan fingerprint density at radius 2 is 1.94 bits per heavy atom. The van der Waals surface area contributed by atoms with Gasteiger partial charge in [-0.2, -0.15) is 0 Å². The van der Waals surface area contributed by atoms with Crippen molar-refractivity contribution in [2.24, 2.45) is 5.14 Å². The number of hydrogen-bond donors (Lipinski definition) is 2. The normalized spacial score (nSPS) is 16.9. The lowest BCUT2D eigenvalue weighted by Gasteiger charge is -2.03. The van der Waals surface area contributed by atoms with Crippen LogP contribution in [0.3, 0.4) is 0 Å². The molecule has 1 aromatic heterocycles. The van der Waals surface area contributed by atoms with E-state index in [2.05, 4.69) is 4.72 Å². The van der Waals surface area contributed by atoms with Gasteiger partial charge in [0.1, 0.15) is 4.21 Å². The van der Waals surface area contributed by atoms with Crippen LogP contribution >= 0.6 is 11.3 Å². The Labute approximate surface area is 110 Å². The number of sulfonamides is 2. The van der Waals surface area contributed by atoms with Gasteiger partial charge in [-0.25, -0.2) is 26.7 Å². The second-order valence-electron chi connectivity index (χ2n) is 4.15. The van der Waals surface area contributed by atoms with Crippen molar-refractivity contribution in [3.05, 3.63) is 17.0 Å². The highest BCUT2D eigenvalue weighted by Crippen LogP contribution is 2.27. The van der Waals surface area contributed by atoms with Gasteiger partial charge in [0, 0.05) is 11.4 Å². The van der Waals surface area contributed by atoms with Gasteiger partial charge in [-0.1, -0.05) is 0 Å². The van der Waals surface area contributed by atoms with E-state index in [0.717, 1.165) is 29.1 Å². The van der Waals surface area contributed by atoms with E-state index >= 15 is 0 Å². The molecule has 1 saturated carbocycles. The summed E-state index contributed by atoms with van der Waals surface area (Å²) in [6, 6.07) is 3.08. The summed E-state index contributed by atoms with van der Waals surface area (Å²) in [6.45, 7) is 0.281. The average Bonchev–Trinajstić information content (AvgIpc) is 2.98. The second-order valence-corrected chi connectivity index (χ2v) is 9.16. The molecule has 0 unspecified atom stereocenters. The van der Waals surface area contributed by atoms with Gasteiger partial charge in [0.2, 0.25) is 20.0 Å². The Bertz CT molecular complexity index is 629. The Morgan fingerprint density at radius 1 is 1.28 bits per heavy atom. The molecule has 3 N–H and O–H groups in total. The maximum absolute atomic E-state index is 11.5. The molecule has 1 aromatic rings. The van der Waals surface area contributed by atoms with Crippen molar-refractivity contribution in [1.82, 2.24) is 4.72 Å². The molecular formula is C9H14N2O4S3. The highest BCUT2D eigenvalue weighted by molar-refractivity contribution is 7.91. The molecule has 0 amide bonds. The zero-order chi connectivity index (χ0) is 13.4. The van der Waals surface area contributed by atoms with E-state index in [-0.39, 0.29) is 16.0 Å². The predicted octanol–water partition coefficient (Wildman–Crippen LogP) is 0.0198. The minimum Gasteiger partial charge on any atom is -0.224 e. The lowest BCUT2D eigenvalue weighted by atomic mass is 10.3. The Hall–Kier alpha value is -0.480. The zero-order valence-electron chi connectivity index (χ0n) is 9.50. The molecule has 102 valence electrons. The van der Waals surface area contributed by atoms with E-state index in [1.807, 2.05) is 0 Å². The van der Waals surface area contributed by atoms with Gasteiger partial charge in [0.05, 0.1) is 5.25 Å². The maximum atomic E-state index is 11.5. The Morgan fingerprint density at radius 3 is 2.44 bits per heavy atom. The fourth-order valence-corrected chi connectivity index (χ4v) is 4.62. The fraction of sp³-hybridized carbons (Fsp3) is 0.556. The highest BCUT2D eigenvalue weighted by Gasteiger charge is 2.35. The number of hydrogen-bond acceptors (Lipinski definition) is 5. The van der Waals surface area contributed by atoms with Crippen molar-refractivity contribution in [2.75, 3.05) is 6.54 Å². The van der Waals surface area contributed by atoms with Gasteiger partial charge in [-0.3, -0.25) is 0 Å². The highest BCUT2D eigenvalue weighted by atomic mass is 32.2. The van der Waals surface area contributed by atoms with Crippen molar-refractivity contribution >= 4 is 31.4 Å². The Balaban J connectivity index is 1.89. The quantitative estimate of drug-likeness (QED) is 0.772. The maximum Gasteiger partial charge on any atom is 0.247 e. The summed E-state index contributed by atoms with van der Waals surface area (Å²) >= 11 is 1.07. The minimum absolute atomic E-state index is 0.0996. The molecule has 0 saturated heterocycles. The molecule has 1 heterocycles. The van der Waals surface area contributed by atoms with Gasteiger partial charge >= 0.3 is 0 Å². The molecule has 0 atom stereocenters. The number of nitrogens with two attached hydrogens (primary N) is 1. The smallest absolute Gasteiger partial charge is 0.224 e. The summed E-state index contributed by atoms with van der Waals surface area (Å²) < 4.78 is 47.8. The van der Waals surface area contributed by atoms with Crippen LogP contribution in [0.4, 0.5) is 0 Å². The summed E-state index contributed by atoms with van der Waals surface area (Å²) in [5.41, 5.74) is 0. The van der Waals surface area contributed by atoms with E-state index in [4.69, 9.17) is 5.14 Å². The second kappa shape index (κ2) is 4.89. The van der Waals surface area contributed by atoms with Gasteiger partial charge < -0.3 is 0 Å². The monoisotopic (exact) mass is 310 g/mol. The van der Waals surface area contributed by atoms with Crippen molar-refractivity contribution in [3.8, 4) is 0 Å². The third kappa shape index (κ3) is 3.51. The molecule has 0 bridgehead atoms. The van der Waals surface area contributed by atoms with Crippen LogP contribution in [0.1, 0.15) is 17.7 Å². The summed E-state index contributed by atoms with van der Waals surface area (Å²) in [7, 11) is -6.83. The molecule has 1 fully saturated rings. The van der Waals surface area contributed by atoms with E-state index < -0.39 is 20.0 Å². The molecule has 6 nitrogen and oxygen atoms in total. The first kappa shape index (κ1) is 13.9. The van der Waals surface area contributed by atoms with Crippen molar-refractivity contribution in [1.29, 1.82) is 0 Å². The van der Waals surface area contributed by atoms with Crippen LogP contribution in [0.15, 0.2) is 16.3 Å². The van der Waals surface area contributed by atoms with Gasteiger partial charge in [0.25, 0.3) is 0 Å². The fourth-order valence-electron chi connectivity index (χ4n) is 1.46. The summed E-state index contributed by atoms with van der Waals surface area (Å²) in [4.78, 5) is 0.789. The average molecular weight is 310 g/mol. The first-order valence-corrected chi connectivity index (χ1v) is 9.30. The molecule has 0 spiro atoms. The summed E-state index contributed by atoms with van der Waals surface area (Å²) in [6.07, 6.45) is 1.92. The van der Waals surface area contributed by atoms with Crippen LogP contribution in [-0.2, 0) is 26.5 Å². The van der Waals surface area contributed by atoms with E-state index in [9.17, 15) is 16.8 Å². The molecule has 18 heavy (non-hydrogen) atoms. The Kier molecular flexibility index (Phi) is 3.79. The number of primary sulfonamides is 1. The van der Waals surface area contributed by atoms with E-state index in [1.54, 1.807) is 6.07 Å². The van der Waals surface area contributed by atoms with E-state index in [0.29, 0.717) is 6.42 Å². The van der Waals surface area contributed by atoms with Crippen molar-refractivity contribution in [2.45, 2.75) is 28.7 Å². The summed E-state index contributed by atoms with van der Waals surface area (Å²) in [5.74, 6) is 0. The summed E-state index contributed by atoms with van der Waals surface area (Å²) in [5, 5.41) is 4.75. The first-order valence-electron chi connectivity index (χ1n) is 5.39. The van der Waals surface area contributed by atoms with Crippen LogP contribution in [0, 0.1) is 0 Å². The molecule has 0 radical (unpaired) electrons. The molecular weight excluding hydrogens is 296 g/mol. The molecule has 0 aromatic carbocycles. The van der Waals surface area contributed by atoms with Crippen LogP contribution < -0.4 is 9.86 Å². The molecule has 2 rings (SSSR count). The first-order chi connectivity index (χ1) is 8.29. The lowest BCUT2D eigenvalue weighted by Crippen LogP contribution is -2.28. The van der Waals surface area contributed by atoms with Crippen LogP contribution in [0.25, 0.3) is 0 Å². The molecule has 0 aliphatic heterocycles. The number of rotatable bonds is 6. The van der Waals surface area contributed by atoms with Gasteiger partial charge in [-0.15, -0.1) is 11.3 Å². The standard InChI is InChI=1S/C9H14N2O4S3/c10-17(12,13)9-4-1-7(16-9)5-6-11-18(14,15)8-2-3-8/h1,4,8,11H,2-3,5-6H2,(H2,10,12,13). The molecule has 1 aliphatic carbocycles.